The molecule has 0 aliphatic carbocycles. The van der Waals surface area contributed by atoms with Gasteiger partial charge in [0.1, 0.15) is 5.75 Å². The molecule has 3 rings (SSSR count). The zero-order chi connectivity index (χ0) is 23.8. The number of aromatic nitrogens is 1. The van der Waals surface area contributed by atoms with Crippen molar-refractivity contribution in [2.75, 3.05) is 43.9 Å². The molecule has 0 aliphatic rings. The fraction of sp³-hybridized carbons (Fsp3) is 0.462. The Morgan fingerprint density at radius 3 is 2.41 bits per heavy atom. The maximum absolute atomic E-state index is 13.3. The Labute approximate surface area is 218 Å². The summed E-state index contributed by atoms with van der Waals surface area (Å²) < 4.78 is 6.36. The summed E-state index contributed by atoms with van der Waals surface area (Å²) in [5, 5.41) is 0.818. The summed E-state index contributed by atoms with van der Waals surface area (Å²) in [5.41, 5.74) is 3.45. The lowest BCUT2D eigenvalue weighted by molar-refractivity contribution is -0.118. The Morgan fingerprint density at radius 2 is 1.76 bits per heavy atom. The molecule has 0 spiro atoms. The molecule has 0 saturated carbocycles. The van der Waals surface area contributed by atoms with E-state index in [1.807, 2.05) is 17.0 Å². The molecule has 2 aromatic carbocycles. The van der Waals surface area contributed by atoms with Gasteiger partial charge in [0.25, 0.3) is 0 Å². The lowest BCUT2D eigenvalue weighted by Crippen LogP contribution is -2.38. The van der Waals surface area contributed by atoms with Crippen molar-refractivity contribution in [2.24, 2.45) is 0 Å². The SMILES string of the molecule is CCN(CC)CCN(C(=O)CCCSc1ccc(OC)cc1)c1nc2c(C)c(C)ccc2s1.Cl. The number of fused-ring (bicyclic) bond motifs is 1. The molecule has 0 fully saturated rings. The van der Waals surface area contributed by atoms with Crippen LogP contribution in [0.5, 0.6) is 5.75 Å². The summed E-state index contributed by atoms with van der Waals surface area (Å²) in [4.78, 5) is 23.7. The first kappa shape index (κ1) is 28.4. The number of hydrogen-bond donors (Lipinski definition) is 0. The van der Waals surface area contributed by atoms with E-state index in [4.69, 9.17) is 9.72 Å². The van der Waals surface area contributed by atoms with Crippen LogP contribution in [-0.4, -0.2) is 54.8 Å². The van der Waals surface area contributed by atoms with E-state index in [1.54, 1.807) is 30.2 Å². The number of benzene rings is 2. The van der Waals surface area contributed by atoms with Crippen molar-refractivity contribution < 1.29 is 9.53 Å². The Balaban J connectivity index is 0.00000408. The van der Waals surface area contributed by atoms with Crippen molar-refractivity contribution in [1.82, 2.24) is 9.88 Å². The van der Waals surface area contributed by atoms with E-state index in [2.05, 4.69) is 56.9 Å². The number of rotatable bonds is 12. The third kappa shape index (κ3) is 7.35. The molecule has 186 valence electrons. The van der Waals surface area contributed by atoms with Gasteiger partial charge in [0.2, 0.25) is 5.91 Å². The summed E-state index contributed by atoms with van der Waals surface area (Å²) in [7, 11) is 1.67. The first-order chi connectivity index (χ1) is 16.0. The lowest BCUT2D eigenvalue weighted by Gasteiger charge is -2.24. The number of amides is 1. The van der Waals surface area contributed by atoms with E-state index in [0.29, 0.717) is 13.0 Å². The molecule has 34 heavy (non-hydrogen) atoms. The van der Waals surface area contributed by atoms with Gasteiger partial charge in [-0.25, -0.2) is 4.98 Å². The number of ether oxygens (including phenoxy) is 1. The molecule has 1 heterocycles. The Kier molecular flexibility index (Phi) is 11.6. The van der Waals surface area contributed by atoms with E-state index in [1.165, 1.54) is 16.0 Å². The van der Waals surface area contributed by atoms with Gasteiger partial charge in [-0.2, -0.15) is 0 Å². The van der Waals surface area contributed by atoms with Crippen LogP contribution in [0.2, 0.25) is 0 Å². The average Bonchev–Trinajstić information content (AvgIpc) is 3.27. The molecule has 0 unspecified atom stereocenters. The Bertz CT molecular complexity index is 1050. The van der Waals surface area contributed by atoms with Crippen LogP contribution in [-0.2, 0) is 4.79 Å². The van der Waals surface area contributed by atoms with Gasteiger partial charge in [-0.05, 0) is 80.6 Å². The highest BCUT2D eigenvalue weighted by molar-refractivity contribution is 7.99. The maximum Gasteiger partial charge on any atom is 0.228 e. The van der Waals surface area contributed by atoms with Gasteiger partial charge in [-0.15, -0.1) is 24.2 Å². The number of halogens is 1. The Hall–Kier alpha value is -1.80. The molecule has 0 N–H and O–H groups in total. The molecular formula is C26H36ClN3O2S2. The van der Waals surface area contributed by atoms with Crippen LogP contribution in [0.25, 0.3) is 10.2 Å². The number of thioether (sulfide) groups is 1. The van der Waals surface area contributed by atoms with Gasteiger partial charge >= 0.3 is 0 Å². The van der Waals surface area contributed by atoms with Crippen molar-refractivity contribution in [3.8, 4) is 5.75 Å². The monoisotopic (exact) mass is 521 g/mol. The zero-order valence-electron chi connectivity index (χ0n) is 20.8. The molecule has 0 radical (unpaired) electrons. The van der Waals surface area contributed by atoms with Gasteiger partial charge in [0.15, 0.2) is 5.13 Å². The fourth-order valence-electron chi connectivity index (χ4n) is 3.66. The van der Waals surface area contributed by atoms with Gasteiger partial charge in [0, 0.05) is 24.4 Å². The summed E-state index contributed by atoms with van der Waals surface area (Å²) in [6.45, 7) is 12.0. The molecular weight excluding hydrogens is 486 g/mol. The zero-order valence-corrected chi connectivity index (χ0v) is 23.2. The normalized spacial score (nSPS) is 11.0. The number of carbonyl (C=O) groups excluding carboxylic acids is 1. The van der Waals surface area contributed by atoms with Crippen molar-refractivity contribution in [2.45, 2.75) is 45.4 Å². The van der Waals surface area contributed by atoms with E-state index in [-0.39, 0.29) is 18.3 Å². The minimum absolute atomic E-state index is 0. The third-order valence-electron chi connectivity index (χ3n) is 6.00. The Morgan fingerprint density at radius 1 is 1.06 bits per heavy atom. The minimum atomic E-state index is 0. The van der Waals surface area contributed by atoms with Crippen LogP contribution in [0.4, 0.5) is 5.13 Å². The van der Waals surface area contributed by atoms with Gasteiger partial charge in [-0.1, -0.05) is 31.3 Å². The van der Waals surface area contributed by atoms with E-state index in [0.717, 1.165) is 52.9 Å². The van der Waals surface area contributed by atoms with Gasteiger partial charge in [0.05, 0.1) is 17.3 Å². The van der Waals surface area contributed by atoms with Crippen LogP contribution < -0.4 is 9.64 Å². The number of nitrogens with zero attached hydrogens (tertiary/aromatic N) is 3. The fourth-order valence-corrected chi connectivity index (χ4v) is 5.58. The number of aryl methyl sites for hydroxylation is 2. The first-order valence-electron chi connectivity index (χ1n) is 11.6. The number of hydrogen-bond acceptors (Lipinski definition) is 6. The second-order valence-corrected chi connectivity index (χ2v) is 10.2. The standard InChI is InChI=1S/C26H35N3O2S2.ClH/c1-6-28(7-2)16-17-29(26-27-25-20(4)19(3)10-15-23(25)33-26)24(30)9-8-18-32-22-13-11-21(31-5)12-14-22;/h10-15H,6-9,16-18H2,1-5H3;1H. The second-order valence-electron chi connectivity index (χ2n) is 8.05. The molecule has 0 atom stereocenters. The summed E-state index contributed by atoms with van der Waals surface area (Å²) >= 11 is 3.40. The van der Waals surface area contributed by atoms with Crippen molar-refractivity contribution >= 4 is 56.8 Å². The van der Waals surface area contributed by atoms with E-state index < -0.39 is 0 Å². The second kappa shape index (κ2) is 13.9. The van der Waals surface area contributed by atoms with Crippen molar-refractivity contribution in [1.29, 1.82) is 0 Å². The van der Waals surface area contributed by atoms with Crippen molar-refractivity contribution in [3.05, 3.63) is 47.5 Å². The van der Waals surface area contributed by atoms with Crippen LogP contribution in [0.15, 0.2) is 41.3 Å². The quantitative estimate of drug-likeness (QED) is 0.199. The molecule has 0 saturated heterocycles. The van der Waals surface area contributed by atoms with E-state index in [9.17, 15) is 4.79 Å². The number of anilines is 1. The molecule has 1 amide bonds. The molecule has 8 heteroatoms. The lowest BCUT2D eigenvalue weighted by atomic mass is 10.1. The number of carbonyl (C=O) groups is 1. The molecule has 1 aromatic heterocycles. The highest BCUT2D eigenvalue weighted by atomic mass is 35.5. The highest BCUT2D eigenvalue weighted by Crippen LogP contribution is 2.32. The predicted molar refractivity (Wildman–Crippen MR) is 149 cm³/mol. The van der Waals surface area contributed by atoms with Crippen LogP contribution in [0, 0.1) is 13.8 Å². The summed E-state index contributed by atoms with van der Waals surface area (Å²) in [6, 6.07) is 12.3. The van der Waals surface area contributed by atoms with Gasteiger partial charge in [-0.3, -0.25) is 9.69 Å². The molecule has 5 nitrogen and oxygen atoms in total. The largest absolute Gasteiger partial charge is 0.497 e. The van der Waals surface area contributed by atoms with Crippen LogP contribution in [0.1, 0.15) is 37.8 Å². The molecule has 0 aliphatic heterocycles. The van der Waals surface area contributed by atoms with Crippen LogP contribution in [0.3, 0.4) is 0 Å². The first-order valence-corrected chi connectivity index (χ1v) is 13.4. The number of thiazole rings is 1. The minimum Gasteiger partial charge on any atom is -0.497 e. The molecule has 0 bridgehead atoms. The summed E-state index contributed by atoms with van der Waals surface area (Å²) in [6.07, 6.45) is 1.36. The predicted octanol–water partition coefficient (Wildman–Crippen LogP) is 6.59. The van der Waals surface area contributed by atoms with Gasteiger partial charge < -0.3 is 9.64 Å². The summed E-state index contributed by atoms with van der Waals surface area (Å²) in [5.74, 6) is 1.92. The van der Waals surface area contributed by atoms with Crippen LogP contribution >= 0.6 is 35.5 Å². The van der Waals surface area contributed by atoms with E-state index >= 15 is 0 Å². The molecule has 3 aromatic rings. The average molecular weight is 522 g/mol. The third-order valence-corrected chi connectivity index (χ3v) is 8.14. The smallest absolute Gasteiger partial charge is 0.228 e. The number of likely N-dealkylation sites (N-methyl/N-ethyl adjacent to an activating group) is 1. The maximum atomic E-state index is 13.3. The topological polar surface area (TPSA) is 45.7 Å². The van der Waals surface area contributed by atoms with Crippen molar-refractivity contribution in [3.63, 3.8) is 0 Å². The highest BCUT2D eigenvalue weighted by Gasteiger charge is 2.21. The number of methoxy groups -OCH3 is 1.